The number of hydrogen-bond acceptors (Lipinski definition) is 4. The van der Waals surface area contributed by atoms with Gasteiger partial charge in [-0.05, 0) is 71.5 Å². The highest BCUT2D eigenvalue weighted by molar-refractivity contribution is 6.09. The van der Waals surface area contributed by atoms with Crippen LogP contribution in [0.3, 0.4) is 0 Å². The first kappa shape index (κ1) is 26.2. The van der Waals surface area contributed by atoms with Gasteiger partial charge in [0.05, 0.1) is 17.7 Å². The Hall–Kier alpha value is -4.50. The maximum atomic E-state index is 13.9. The van der Waals surface area contributed by atoms with E-state index in [1.165, 1.54) is 29.5 Å². The highest BCUT2D eigenvalue weighted by Gasteiger charge is 2.33. The molecule has 0 radical (unpaired) electrons. The maximum Gasteiger partial charge on any atom is 0.319 e. The Balaban J connectivity index is 1.16. The third kappa shape index (κ3) is 4.41. The Morgan fingerprint density at radius 2 is 1.98 bits per heavy atom. The van der Waals surface area contributed by atoms with Crippen LogP contribution in [0.15, 0.2) is 54.9 Å². The molecule has 0 unspecified atom stereocenters. The van der Waals surface area contributed by atoms with E-state index >= 15 is 0 Å². The molecule has 0 saturated heterocycles. The van der Waals surface area contributed by atoms with Crippen LogP contribution >= 0.6 is 0 Å². The van der Waals surface area contributed by atoms with Crippen LogP contribution in [0.5, 0.6) is 0 Å². The average molecular weight is 576 g/mol. The molecule has 5 heterocycles. The topological polar surface area (TPSA) is 85.7 Å². The van der Waals surface area contributed by atoms with E-state index < -0.39 is 0 Å². The quantitative estimate of drug-likeness (QED) is 0.354. The van der Waals surface area contributed by atoms with E-state index in [0.29, 0.717) is 38.9 Å². The third-order valence-electron chi connectivity index (χ3n) is 9.31. The summed E-state index contributed by atoms with van der Waals surface area (Å²) in [6, 6.07) is 14.9. The monoisotopic (exact) mass is 575 g/mol. The molecule has 1 fully saturated rings. The zero-order valence-electron chi connectivity index (χ0n) is 24.6. The summed E-state index contributed by atoms with van der Waals surface area (Å²) < 4.78 is 8.23. The molecule has 2 aromatic carbocycles. The van der Waals surface area contributed by atoms with Gasteiger partial charge in [-0.15, -0.1) is 0 Å². The van der Waals surface area contributed by atoms with Gasteiger partial charge in [-0.3, -0.25) is 4.79 Å². The van der Waals surface area contributed by atoms with Gasteiger partial charge in [0.1, 0.15) is 5.69 Å². The van der Waals surface area contributed by atoms with E-state index in [4.69, 9.17) is 9.72 Å². The number of aromatic nitrogens is 3. The number of urea groups is 1. The summed E-state index contributed by atoms with van der Waals surface area (Å²) in [6.45, 7) is 2.68. The number of hydrogen-bond donors (Lipinski definition) is 1. The summed E-state index contributed by atoms with van der Waals surface area (Å²) in [5, 5.41) is 1.01. The van der Waals surface area contributed by atoms with Gasteiger partial charge in [-0.1, -0.05) is 30.3 Å². The van der Waals surface area contributed by atoms with Crippen molar-refractivity contribution in [2.24, 2.45) is 0 Å². The Bertz CT molecular complexity index is 1840. The van der Waals surface area contributed by atoms with Crippen molar-refractivity contribution < 1.29 is 18.9 Å². The average Bonchev–Trinajstić information content (AvgIpc) is 3.82. The lowest BCUT2D eigenvalue weighted by Gasteiger charge is -2.31. The predicted octanol–water partition coefficient (Wildman–Crippen LogP) is 4.86. The first-order valence-corrected chi connectivity index (χ1v) is 15.2. The minimum atomic E-state index is 0.0291. The predicted molar refractivity (Wildman–Crippen MR) is 164 cm³/mol. The first-order valence-electron chi connectivity index (χ1n) is 15.2. The van der Waals surface area contributed by atoms with Gasteiger partial charge in [0, 0.05) is 56.1 Å². The third-order valence-corrected chi connectivity index (χ3v) is 9.31. The SMILES string of the molecule is CN(C)C(=O)N1CC=C(c2cc3c4[n+](cnc3[nH]2)COCc2c-4cccc2N2CCc3cc(C4CC4)ccc3C2=O)CC1. The molecule has 0 atom stereocenters. The number of carbonyl (C=O) groups excluding carboxylic acids is 2. The number of rotatable bonds is 3. The molecule has 9 heteroatoms. The van der Waals surface area contributed by atoms with Crippen LogP contribution in [0.1, 0.15) is 57.9 Å². The molecule has 1 N–H and O–H groups in total. The van der Waals surface area contributed by atoms with E-state index in [1.54, 1.807) is 19.0 Å². The molecule has 9 nitrogen and oxygen atoms in total. The zero-order valence-corrected chi connectivity index (χ0v) is 24.6. The summed E-state index contributed by atoms with van der Waals surface area (Å²) in [6.07, 6.45) is 8.09. The molecule has 0 spiro atoms. The van der Waals surface area contributed by atoms with Crippen molar-refractivity contribution >= 4 is 34.2 Å². The second-order valence-corrected chi connectivity index (χ2v) is 12.3. The van der Waals surface area contributed by atoms with Gasteiger partial charge < -0.3 is 24.4 Å². The second-order valence-electron chi connectivity index (χ2n) is 12.3. The van der Waals surface area contributed by atoms with Crippen LogP contribution in [0.2, 0.25) is 0 Å². The van der Waals surface area contributed by atoms with Crippen molar-refractivity contribution in [3.8, 4) is 11.3 Å². The van der Waals surface area contributed by atoms with E-state index in [1.807, 2.05) is 34.3 Å². The lowest BCUT2D eigenvalue weighted by Crippen LogP contribution is -2.41. The standard InChI is InChI=1S/C34H34N6O3/c1-37(2)34(42)38-13-10-22(11-14-38)29-17-27-31-26-4-3-5-30(28(26)18-43-20-39(31)19-35-32(27)36-29)40-15-12-24-16-23(21-6-7-21)8-9-25(24)33(40)41/h3-5,8-10,16-17,19,21H,6-7,11-15,18,20H2,1-2H3/p+1. The molecule has 3 aliphatic heterocycles. The van der Waals surface area contributed by atoms with Crippen molar-refractivity contribution in [2.75, 3.05) is 38.6 Å². The van der Waals surface area contributed by atoms with Crippen LogP contribution in [0.25, 0.3) is 27.9 Å². The van der Waals surface area contributed by atoms with E-state index in [2.05, 4.69) is 39.9 Å². The summed E-state index contributed by atoms with van der Waals surface area (Å²) >= 11 is 0. The minimum absolute atomic E-state index is 0.0291. The molecule has 8 rings (SSSR count). The fourth-order valence-corrected chi connectivity index (χ4v) is 6.86. The molecule has 218 valence electrons. The summed E-state index contributed by atoms with van der Waals surface area (Å²) in [5.74, 6) is 0.735. The molecule has 0 bridgehead atoms. The summed E-state index contributed by atoms with van der Waals surface area (Å²) in [7, 11) is 3.57. The Kier molecular flexibility index (Phi) is 6.11. The number of H-pyrrole nitrogens is 1. The minimum Gasteiger partial charge on any atom is -0.337 e. The number of carbonyl (C=O) groups is 2. The lowest BCUT2D eigenvalue weighted by atomic mass is 9.93. The first-order chi connectivity index (χ1) is 21.0. The van der Waals surface area contributed by atoms with Gasteiger partial charge >= 0.3 is 6.03 Å². The van der Waals surface area contributed by atoms with Crippen LogP contribution in [0.4, 0.5) is 10.5 Å². The van der Waals surface area contributed by atoms with Crippen LogP contribution in [-0.2, 0) is 24.5 Å². The van der Waals surface area contributed by atoms with Gasteiger partial charge in [0.25, 0.3) is 17.9 Å². The number of aromatic amines is 1. The van der Waals surface area contributed by atoms with Crippen molar-refractivity contribution in [1.29, 1.82) is 0 Å². The summed E-state index contributed by atoms with van der Waals surface area (Å²) in [4.78, 5) is 39.9. The lowest BCUT2D eigenvalue weighted by molar-refractivity contribution is -0.724. The molecule has 1 aliphatic carbocycles. The van der Waals surface area contributed by atoms with Gasteiger partial charge in [0.2, 0.25) is 0 Å². The Morgan fingerprint density at radius 1 is 1.09 bits per heavy atom. The molecule has 2 aromatic heterocycles. The maximum absolute atomic E-state index is 13.9. The number of anilines is 1. The molecular weight excluding hydrogens is 540 g/mol. The number of nitrogens with zero attached hydrogens (tertiary/aromatic N) is 5. The van der Waals surface area contributed by atoms with E-state index in [9.17, 15) is 9.59 Å². The Labute approximate surface area is 250 Å². The molecule has 1 saturated carbocycles. The zero-order chi connectivity index (χ0) is 29.2. The second kappa shape index (κ2) is 10.1. The van der Waals surface area contributed by atoms with E-state index in [0.717, 1.165) is 57.6 Å². The molecular formula is C34H35N6O3+. The summed E-state index contributed by atoms with van der Waals surface area (Å²) in [5.41, 5.74) is 10.4. The van der Waals surface area contributed by atoms with Crippen LogP contribution in [-0.4, -0.2) is 65.4 Å². The van der Waals surface area contributed by atoms with Crippen molar-refractivity contribution in [3.63, 3.8) is 0 Å². The van der Waals surface area contributed by atoms with Crippen molar-refractivity contribution in [3.05, 3.63) is 82.8 Å². The number of nitrogens with one attached hydrogen (secondary N) is 1. The van der Waals surface area contributed by atoms with E-state index in [-0.39, 0.29) is 11.9 Å². The Morgan fingerprint density at radius 3 is 2.77 bits per heavy atom. The molecule has 43 heavy (non-hydrogen) atoms. The fraction of sp³-hybridized carbons (Fsp3) is 0.353. The molecule has 4 aliphatic rings. The van der Waals surface area contributed by atoms with Crippen molar-refractivity contribution in [1.82, 2.24) is 19.8 Å². The number of ether oxygens (including phenoxy) is 1. The van der Waals surface area contributed by atoms with Gasteiger partial charge in [-0.2, -0.15) is 0 Å². The van der Waals surface area contributed by atoms with Crippen molar-refractivity contribution in [2.45, 2.75) is 44.9 Å². The highest BCUT2D eigenvalue weighted by Crippen LogP contribution is 2.42. The number of fused-ring (bicyclic) bond motifs is 6. The largest absolute Gasteiger partial charge is 0.337 e. The molecule has 3 amide bonds. The fourth-order valence-electron chi connectivity index (χ4n) is 6.86. The van der Waals surface area contributed by atoms with Gasteiger partial charge in [0.15, 0.2) is 6.73 Å². The highest BCUT2D eigenvalue weighted by atomic mass is 16.5. The van der Waals surface area contributed by atoms with Crippen LogP contribution < -0.4 is 9.47 Å². The molecule has 4 aromatic rings. The normalized spacial score (nSPS) is 18.1. The number of benzene rings is 2. The van der Waals surface area contributed by atoms with Gasteiger partial charge in [-0.25, -0.2) is 9.36 Å². The van der Waals surface area contributed by atoms with Crippen LogP contribution in [0, 0.1) is 0 Å². The number of amides is 3. The smallest absolute Gasteiger partial charge is 0.319 e.